The molecule has 0 atom stereocenters. The van der Waals surface area contributed by atoms with Gasteiger partial charge in [-0.2, -0.15) is 0 Å². The van der Waals surface area contributed by atoms with Crippen molar-refractivity contribution in [3.63, 3.8) is 0 Å². The molecule has 88 valence electrons. The SMILES string of the molecule is NNc1cc(Nc2c(F)cccc2F)ccn1. The van der Waals surface area contributed by atoms with Gasteiger partial charge in [0.2, 0.25) is 0 Å². The molecule has 0 spiro atoms. The molecular formula is C11H10F2N4. The zero-order valence-corrected chi connectivity index (χ0v) is 8.74. The number of hydrogen-bond acceptors (Lipinski definition) is 4. The minimum absolute atomic E-state index is 0.207. The summed E-state index contributed by atoms with van der Waals surface area (Å²) in [6, 6.07) is 6.76. The summed E-state index contributed by atoms with van der Waals surface area (Å²) in [4.78, 5) is 3.88. The molecular weight excluding hydrogens is 226 g/mol. The number of nitrogens with one attached hydrogen (secondary N) is 2. The molecule has 2 aromatic rings. The first-order chi connectivity index (χ1) is 8.20. The molecule has 1 aromatic carbocycles. The number of benzene rings is 1. The van der Waals surface area contributed by atoms with Crippen molar-refractivity contribution in [1.29, 1.82) is 0 Å². The van der Waals surface area contributed by atoms with Crippen LogP contribution in [0, 0.1) is 11.6 Å². The summed E-state index contributed by atoms with van der Waals surface area (Å²) in [5.74, 6) is 4.25. The molecule has 17 heavy (non-hydrogen) atoms. The Kier molecular flexibility index (Phi) is 3.15. The predicted molar refractivity (Wildman–Crippen MR) is 61.7 cm³/mol. The maximum Gasteiger partial charge on any atom is 0.149 e. The fraction of sp³-hybridized carbons (Fsp3) is 0. The van der Waals surface area contributed by atoms with Crippen molar-refractivity contribution in [2.75, 3.05) is 10.7 Å². The number of hydrazine groups is 1. The molecule has 1 heterocycles. The van der Waals surface area contributed by atoms with E-state index in [4.69, 9.17) is 5.84 Å². The number of hydrogen-bond donors (Lipinski definition) is 3. The van der Waals surface area contributed by atoms with Gasteiger partial charge in [-0.3, -0.25) is 0 Å². The topological polar surface area (TPSA) is 63.0 Å². The number of anilines is 3. The van der Waals surface area contributed by atoms with Crippen LogP contribution >= 0.6 is 0 Å². The lowest BCUT2D eigenvalue weighted by Crippen LogP contribution is -2.08. The fourth-order valence-electron chi connectivity index (χ4n) is 1.35. The summed E-state index contributed by atoms with van der Waals surface area (Å²) in [7, 11) is 0. The van der Waals surface area contributed by atoms with Crippen molar-refractivity contribution in [2.24, 2.45) is 5.84 Å². The van der Waals surface area contributed by atoms with Crippen LogP contribution in [0.1, 0.15) is 0 Å². The highest BCUT2D eigenvalue weighted by atomic mass is 19.1. The molecule has 0 aliphatic heterocycles. The highest BCUT2D eigenvalue weighted by molar-refractivity contribution is 5.63. The third-order valence-corrected chi connectivity index (χ3v) is 2.14. The van der Waals surface area contributed by atoms with Crippen LogP contribution in [0.15, 0.2) is 36.5 Å². The molecule has 1 aromatic heterocycles. The Hall–Kier alpha value is -2.21. The summed E-state index contributed by atoms with van der Waals surface area (Å²) >= 11 is 0. The number of nitrogens with two attached hydrogens (primary N) is 1. The maximum absolute atomic E-state index is 13.4. The average Bonchev–Trinajstić information content (AvgIpc) is 2.34. The van der Waals surface area contributed by atoms with Gasteiger partial charge in [-0.1, -0.05) is 6.07 Å². The molecule has 0 aliphatic carbocycles. The van der Waals surface area contributed by atoms with Crippen molar-refractivity contribution in [3.8, 4) is 0 Å². The van der Waals surface area contributed by atoms with Crippen LogP contribution in [0.25, 0.3) is 0 Å². The fourth-order valence-corrected chi connectivity index (χ4v) is 1.35. The molecule has 0 unspecified atom stereocenters. The van der Waals surface area contributed by atoms with Gasteiger partial charge in [-0.25, -0.2) is 19.6 Å². The van der Waals surface area contributed by atoms with Gasteiger partial charge in [0, 0.05) is 18.0 Å². The van der Waals surface area contributed by atoms with E-state index >= 15 is 0 Å². The van der Waals surface area contributed by atoms with Crippen LogP contribution in [0.2, 0.25) is 0 Å². The van der Waals surface area contributed by atoms with E-state index < -0.39 is 11.6 Å². The third-order valence-electron chi connectivity index (χ3n) is 2.14. The third kappa shape index (κ3) is 2.48. The van der Waals surface area contributed by atoms with Crippen LogP contribution in [0.4, 0.5) is 26.0 Å². The van der Waals surface area contributed by atoms with Crippen LogP contribution in [0.3, 0.4) is 0 Å². The Balaban J connectivity index is 2.31. The molecule has 0 radical (unpaired) electrons. The van der Waals surface area contributed by atoms with Crippen molar-refractivity contribution in [1.82, 2.24) is 4.98 Å². The van der Waals surface area contributed by atoms with E-state index in [9.17, 15) is 8.78 Å². The summed E-state index contributed by atoms with van der Waals surface area (Å²) in [5, 5.41) is 2.63. The van der Waals surface area contributed by atoms with Gasteiger partial charge in [-0.05, 0) is 18.2 Å². The number of nitrogen functional groups attached to an aromatic ring is 1. The number of aromatic nitrogens is 1. The van der Waals surface area contributed by atoms with E-state index in [0.29, 0.717) is 11.5 Å². The molecule has 2 rings (SSSR count). The number of rotatable bonds is 3. The lowest BCUT2D eigenvalue weighted by molar-refractivity contribution is 0.591. The largest absolute Gasteiger partial charge is 0.351 e. The second-order valence-electron chi connectivity index (χ2n) is 3.30. The monoisotopic (exact) mass is 236 g/mol. The van der Waals surface area contributed by atoms with Gasteiger partial charge in [0.05, 0.1) is 0 Å². The Morgan fingerprint density at radius 2 is 1.82 bits per heavy atom. The first-order valence-corrected chi connectivity index (χ1v) is 4.84. The molecule has 4 N–H and O–H groups in total. The van der Waals surface area contributed by atoms with Crippen molar-refractivity contribution < 1.29 is 8.78 Å². The van der Waals surface area contributed by atoms with Gasteiger partial charge in [-0.15, -0.1) is 0 Å². The highest BCUT2D eigenvalue weighted by Gasteiger charge is 2.08. The van der Waals surface area contributed by atoms with Gasteiger partial charge in [0.1, 0.15) is 23.1 Å². The van der Waals surface area contributed by atoms with Gasteiger partial charge < -0.3 is 10.7 Å². The zero-order valence-electron chi connectivity index (χ0n) is 8.74. The smallest absolute Gasteiger partial charge is 0.149 e. The van der Waals surface area contributed by atoms with Crippen LogP contribution in [-0.2, 0) is 0 Å². The quantitative estimate of drug-likeness (QED) is 0.565. The second-order valence-corrected chi connectivity index (χ2v) is 3.30. The molecule has 0 amide bonds. The minimum Gasteiger partial charge on any atom is -0.351 e. The average molecular weight is 236 g/mol. The van der Waals surface area contributed by atoms with E-state index in [1.165, 1.54) is 30.5 Å². The van der Waals surface area contributed by atoms with E-state index in [1.807, 2.05) is 0 Å². The first kappa shape index (κ1) is 11.3. The summed E-state index contributed by atoms with van der Waals surface area (Å²) in [6.07, 6.45) is 1.47. The number of halogens is 2. The summed E-state index contributed by atoms with van der Waals surface area (Å²) < 4.78 is 26.7. The molecule has 0 bridgehead atoms. The minimum atomic E-state index is -0.663. The highest BCUT2D eigenvalue weighted by Crippen LogP contribution is 2.23. The molecule has 6 heteroatoms. The normalized spacial score (nSPS) is 10.1. The van der Waals surface area contributed by atoms with Crippen molar-refractivity contribution in [2.45, 2.75) is 0 Å². The Morgan fingerprint density at radius 1 is 1.12 bits per heavy atom. The van der Waals surface area contributed by atoms with Gasteiger partial charge in [0.25, 0.3) is 0 Å². The number of nitrogens with zero attached hydrogens (tertiary/aromatic N) is 1. The Morgan fingerprint density at radius 3 is 2.47 bits per heavy atom. The molecule has 0 saturated carbocycles. The van der Waals surface area contributed by atoms with Crippen molar-refractivity contribution >= 4 is 17.2 Å². The number of pyridine rings is 1. The van der Waals surface area contributed by atoms with E-state index in [1.54, 1.807) is 6.07 Å². The van der Waals surface area contributed by atoms with Crippen LogP contribution in [0.5, 0.6) is 0 Å². The van der Waals surface area contributed by atoms with E-state index in [-0.39, 0.29) is 5.69 Å². The molecule has 0 fully saturated rings. The van der Waals surface area contributed by atoms with Crippen molar-refractivity contribution in [3.05, 3.63) is 48.2 Å². The molecule has 0 saturated heterocycles. The molecule has 0 aliphatic rings. The lowest BCUT2D eigenvalue weighted by Gasteiger charge is -2.09. The lowest BCUT2D eigenvalue weighted by atomic mass is 10.2. The molecule has 4 nitrogen and oxygen atoms in total. The van der Waals surface area contributed by atoms with Gasteiger partial charge in [0.15, 0.2) is 0 Å². The first-order valence-electron chi connectivity index (χ1n) is 4.84. The summed E-state index contributed by atoms with van der Waals surface area (Å²) in [5.41, 5.74) is 2.62. The van der Waals surface area contributed by atoms with E-state index in [0.717, 1.165) is 0 Å². The second kappa shape index (κ2) is 4.75. The maximum atomic E-state index is 13.4. The van der Waals surface area contributed by atoms with Gasteiger partial charge >= 0.3 is 0 Å². The van der Waals surface area contributed by atoms with E-state index in [2.05, 4.69) is 15.7 Å². The number of para-hydroxylation sites is 1. The predicted octanol–water partition coefficient (Wildman–Crippen LogP) is 2.39. The zero-order chi connectivity index (χ0) is 12.3. The standard InChI is InChI=1S/C11H10F2N4/c12-8-2-1-3-9(13)11(8)16-7-4-5-15-10(6-7)17-14/h1-6H,14H2,(H2,15,16,17). The Bertz CT molecular complexity index is 510. The van der Waals surface area contributed by atoms with Crippen LogP contribution in [-0.4, -0.2) is 4.98 Å². The van der Waals surface area contributed by atoms with Crippen LogP contribution < -0.4 is 16.6 Å². The summed E-state index contributed by atoms with van der Waals surface area (Å²) in [6.45, 7) is 0. The Labute approximate surface area is 96.4 Å².